The first-order valence-electron chi connectivity index (χ1n) is 10.1. The van der Waals surface area contributed by atoms with Gasteiger partial charge in [-0.25, -0.2) is 0 Å². The zero-order valence-electron chi connectivity index (χ0n) is 16.2. The van der Waals surface area contributed by atoms with Crippen LogP contribution in [0.25, 0.3) is 10.4 Å². The number of hydrogen-bond acceptors (Lipinski definition) is 0. The summed E-state index contributed by atoms with van der Waals surface area (Å²) in [6.07, 6.45) is 4.73. The Kier molecular flexibility index (Phi) is 4.59. The number of allylic oxidation sites excluding steroid dienone is 2. The summed E-state index contributed by atoms with van der Waals surface area (Å²) in [6, 6.07) is 44.0. The second-order valence-corrected chi connectivity index (χ2v) is 11.1. The molecule has 0 spiro atoms. The smallest absolute Gasteiger partial charge is 0.0623 e. The molecule has 0 aromatic heterocycles. The van der Waals surface area contributed by atoms with E-state index in [4.69, 9.17) is 0 Å². The third-order valence-electron chi connectivity index (χ3n) is 5.81. The Labute approximate surface area is 173 Å². The Morgan fingerprint density at radius 2 is 0.655 bits per heavy atom. The minimum absolute atomic E-state index is 1.31. The highest BCUT2D eigenvalue weighted by atomic mass is 28.3. The van der Waals surface area contributed by atoms with Crippen molar-refractivity contribution in [3.63, 3.8) is 0 Å². The van der Waals surface area contributed by atoms with E-state index in [0.717, 1.165) is 0 Å². The van der Waals surface area contributed by atoms with Crippen molar-refractivity contribution in [2.75, 3.05) is 0 Å². The average molecular weight is 387 g/mol. The molecule has 0 unspecified atom stereocenters. The highest BCUT2D eigenvalue weighted by molar-refractivity contribution is 7.26. The van der Waals surface area contributed by atoms with Gasteiger partial charge in [-0.15, -0.1) is 0 Å². The first kappa shape index (κ1) is 17.7. The fraction of sp³-hybridized carbons (Fsp3) is 0. The van der Waals surface area contributed by atoms with Crippen LogP contribution in [0.4, 0.5) is 0 Å². The summed E-state index contributed by atoms with van der Waals surface area (Å²) in [6.45, 7) is 0. The van der Waals surface area contributed by atoms with Crippen LogP contribution >= 0.6 is 0 Å². The fourth-order valence-corrected chi connectivity index (χ4v) is 9.71. The van der Waals surface area contributed by atoms with Gasteiger partial charge in [0.25, 0.3) is 0 Å². The molecule has 1 aliphatic heterocycles. The van der Waals surface area contributed by atoms with E-state index in [1.807, 2.05) is 0 Å². The molecule has 0 amide bonds. The molecule has 1 heteroatoms. The van der Waals surface area contributed by atoms with E-state index in [9.17, 15) is 0 Å². The predicted molar refractivity (Wildman–Crippen MR) is 127 cm³/mol. The van der Waals surface area contributed by atoms with Gasteiger partial charge in [-0.05, 0) is 31.9 Å². The number of rotatable bonds is 4. The Balaban J connectivity index is 1.85. The van der Waals surface area contributed by atoms with E-state index in [2.05, 4.69) is 133 Å². The summed E-state index contributed by atoms with van der Waals surface area (Å²) in [5.74, 6) is 0. The maximum absolute atomic E-state index is 2.40. The van der Waals surface area contributed by atoms with Gasteiger partial charge in [-0.2, -0.15) is 0 Å². The molecule has 4 aromatic rings. The largest absolute Gasteiger partial charge is 0.180 e. The second-order valence-electron chi connectivity index (χ2n) is 7.37. The SMILES string of the molecule is C1=C(c2ccccc2)[Si](c2ccccc2)(c2ccccc2)C(c2ccccc2)=C1. The Morgan fingerprint density at radius 3 is 1.00 bits per heavy atom. The molecule has 0 saturated heterocycles. The maximum Gasteiger partial charge on any atom is 0.180 e. The summed E-state index contributed by atoms with van der Waals surface area (Å²) in [5.41, 5.74) is 2.63. The molecule has 29 heavy (non-hydrogen) atoms. The van der Waals surface area contributed by atoms with Gasteiger partial charge in [-0.3, -0.25) is 0 Å². The zero-order valence-corrected chi connectivity index (χ0v) is 17.2. The Hall–Kier alpha value is -3.42. The van der Waals surface area contributed by atoms with Gasteiger partial charge < -0.3 is 0 Å². The molecule has 4 aromatic carbocycles. The van der Waals surface area contributed by atoms with Gasteiger partial charge in [-0.1, -0.05) is 133 Å². The topological polar surface area (TPSA) is 0 Å². The normalized spacial score (nSPS) is 14.9. The molecule has 0 atom stereocenters. The third kappa shape index (κ3) is 2.91. The van der Waals surface area contributed by atoms with E-state index in [0.29, 0.717) is 0 Å². The lowest BCUT2D eigenvalue weighted by Gasteiger charge is -2.35. The monoisotopic (exact) mass is 386 g/mol. The lowest BCUT2D eigenvalue weighted by molar-refractivity contribution is 1.62. The second kappa shape index (κ2) is 7.54. The van der Waals surface area contributed by atoms with Gasteiger partial charge in [0, 0.05) is 0 Å². The predicted octanol–water partition coefficient (Wildman–Crippen LogP) is 5.51. The minimum atomic E-state index is -2.40. The summed E-state index contributed by atoms with van der Waals surface area (Å²) >= 11 is 0. The average Bonchev–Trinajstić information content (AvgIpc) is 3.23. The van der Waals surface area contributed by atoms with Crippen LogP contribution in [-0.4, -0.2) is 8.07 Å². The van der Waals surface area contributed by atoms with Crippen LogP contribution in [-0.2, 0) is 0 Å². The van der Waals surface area contributed by atoms with Crippen LogP contribution in [0.15, 0.2) is 133 Å². The summed E-state index contributed by atoms with van der Waals surface area (Å²) in [4.78, 5) is 0. The molecule has 0 bridgehead atoms. The molecular weight excluding hydrogens is 364 g/mol. The molecular formula is C28H22Si. The quantitative estimate of drug-likeness (QED) is 0.406. The Morgan fingerprint density at radius 1 is 0.345 bits per heavy atom. The van der Waals surface area contributed by atoms with Crippen molar-refractivity contribution >= 4 is 28.8 Å². The first-order valence-corrected chi connectivity index (χ1v) is 12.1. The van der Waals surface area contributed by atoms with Gasteiger partial charge in [0.2, 0.25) is 0 Å². The molecule has 0 N–H and O–H groups in total. The molecule has 5 rings (SSSR count). The molecule has 0 saturated carbocycles. The molecule has 0 radical (unpaired) electrons. The van der Waals surface area contributed by atoms with E-state index in [1.54, 1.807) is 0 Å². The van der Waals surface area contributed by atoms with Crippen molar-refractivity contribution in [2.24, 2.45) is 0 Å². The Bertz CT molecular complexity index is 1060. The van der Waals surface area contributed by atoms with Crippen LogP contribution < -0.4 is 10.4 Å². The number of benzene rings is 4. The lowest BCUT2D eigenvalue weighted by Crippen LogP contribution is -2.59. The summed E-state index contributed by atoms with van der Waals surface area (Å²) in [7, 11) is -2.40. The van der Waals surface area contributed by atoms with Crippen molar-refractivity contribution < 1.29 is 0 Å². The molecule has 0 aliphatic carbocycles. The van der Waals surface area contributed by atoms with Crippen LogP contribution in [0, 0.1) is 0 Å². The number of hydrogen-bond donors (Lipinski definition) is 0. The van der Waals surface area contributed by atoms with E-state index >= 15 is 0 Å². The fourth-order valence-electron chi connectivity index (χ4n) is 4.59. The van der Waals surface area contributed by atoms with E-state index in [-0.39, 0.29) is 0 Å². The van der Waals surface area contributed by atoms with Crippen LogP contribution in [0.3, 0.4) is 0 Å². The van der Waals surface area contributed by atoms with Gasteiger partial charge in [0.15, 0.2) is 8.07 Å². The lowest BCUT2D eigenvalue weighted by atomic mass is 10.2. The van der Waals surface area contributed by atoms with E-state index < -0.39 is 8.07 Å². The molecule has 0 nitrogen and oxygen atoms in total. The van der Waals surface area contributed by atoms with Crippen LogP contribution in [0.2, 0.25) is 0 Å². The van der Waals surface area contributed by atoms with Crippen molar-refractivity contribution in [3.8, 4) is 0 Å². The van der Waals surface area contributed by atoms with Gasteiger partial charge in [0.05, 0.1) is 0 Å². The molecule has 0 fully saturated rings. The van der Waals surface area contributed by atoms with Crippen molar-refractivity contribution in [1.82, 2.24) is 0 Å². The van der Waals surface area contributed by atoms with Crippen molar-refractivity contribution in [3.05, 3.63) is 145 Å². The van der Waals surface area contributed by atoms with Crippen LogP contribution in [0.5, 0.6) is 0 Å². The molecule has 1 heterocycles. The molecule has 138 valence electrons. The summed E-state index contributed by atoms with van der Waals surface area (Å²) in [5, 5.41) is 5.76. The zero-order chi connectivity index (χ0) is 19.5. The highest BCUT2D eigenvalue weighted by Gasteiger charge is 2.47. The maximum atomic E-state index is 2.36. The van der Waals surface area contributed by atoms with Crippen molar-refractivity contribution in [2.45, 2.75) is 0 Å². The van der Waals surface area contributed by atoms with E-state index in [1.165, 1.54) is 31.9 Å². The minimum Gasteiger partial charge on any atom is -0.0623 e. The third-order valence-corrected chi connectivity index (χ3v) is 10.7. The standard InChI is InChI=1S/C28H22Si/c1-5-13-23(14-6-1)27-21-22-28(24-15-7-2-8-16-24)29(27,25-17-9-3-10-18-25)26-19-11-4-12-20-26/h1-22H. The van der Waals surface area contributed by atoms with Gasteiger partial charge in [0.1, 0.15) is 0 Å². The van der Waals surface area contributed by atoms with Crippen LogP contribution in [0.1, 0.15) is 11.1 Å². The van der Waals surface area contributed by atoms with Gasteiger partial charge >= 0.3 is 0 Å². The molecule has 1 aliphatic rings. The first-order chi connectivity index (χ1) is 14.4. The van der Waals surface area contributed by atoms with Crippen molar-refractivity contribution in [1.29, 1.82) is 0 Å². The highest BCUT2D eigenvalue weighted by Crippen LogP contribution is 2.41. The summed E-state index contributed by atoms with van der Waals surface area (Å²) < 4.78 is 0.